The summed E-state index contributed by atoms with van der Waals surface area (Å²) < 4.78 is 8.01. The van der Waals surface area contributed by atoms with Crippen molar-refractivity contribution >= 4 is 5.91 Å². The van der Waals surface area contributed by atoms with Crippen LogP contribution in [0.5, 0.6) is 0 Å². The Morgan fingerprint density at radius 2 is 1.68 bits per heavy atom. The molecule has 2 nitrogen and oxygen atoms in total. The fraction of sp³-hybridized carbons (Fsp3) is 0.235. The Kier molecular flexibility index (Phi) is 2.78. The second-order valence-electron chi connectivity index (χ2n) is 4.85. The molecule has 96 valence electrons. The molecular weight excluding hydrogens is 234 g/mol. The van der Waals surface area contributed by atoms with Gasteiger partial charge in [-0.2, -0.15) is 0 Å². The third-order valence-corrected chi connectivity index (χ3v) is 3.69. The van der Waals surface area contributed by atoms with E-state index in [9.17, 15) is 4.79 Å². The number of nitrogens with zero attached hydrogens (tertiary/aromatic N) is 1. The monoisotopic (exact) mass is 252 g/mol. The topological polar surface area (TPSA) is 20.3 Å². The molecule has 1 heterocycles. The molecule has 2 heteroatoms. The second-order valence-corrected chi connectivity index (χ2v) is 4.85. The normalized spacial score (nSPS) is 24.6. The fourth-order valence-corrected chi connectivity index (χ4v) is 2.59. The molecule has 0 aliphatic carbocycles. The Morgan fingerprint density at radius 3 is 2.32 bits per heavy atom. The van der Waals surface area contributed by atoms with Gasteiger partial charge in [0.15, 0.2) is 0 Å². The number of benzene rings is 2. The maximum absolute atomic E-state index is 12.1. The first kappa shape index (κ1) is 10.8. The first-order valence-electron chi connectivity index (χ1n) is 7.12. The first-order chi connectivity index (χ1) is 9.70. The van der Waals surface area contributed by atoms with E-state index in [0.29, 0.717) is 0 Å². The molecule has 1 saturated heterocycles. The predicted molar refractivity (Wildman–Crippen MR) is 75.5 cm³/mol. The van der Waals surface area contributed by atoms with Crippen LogP contribution in [0.1, 0.15) is 37.9 Å². The summed E-state index contributed by atoms with van der Waals surface area (Å²) in [7, 11) is 0. The van der Waals surface area contributed by atoms with E-state index in [4.69, 9.17) is 1.37 Å². The number of hydrogen-bond donors (Lipinski definition) is 0. The lowest BCUT2D eigenvalue weighted by molar-refractivity contribution is -0.150. The van der Waals surface area contributed by atoms with E-state index in [1.54, 1.807) is 0 Å². The number of β-lactam (4-membered cyclic amide) rings is 1. The van der Waals surface area contributed by atoms with Gasteiger partial charge in [0, 0.05) is 1.37 Å². The van der Waals surface area contributed by atoms with Crippen LogP contribution in [0.2, 0.25) is 0 Å². The highest BCUT2D eigenvalue weighted by molar-refractivity contribution is 5.84. The average Bonchev–Trinajstić information content (AvgIpc) is 2.52. The summed E-state index contributed by atoms with van der Waals surface area (Å²) in [6, 6.07) is 19.7. The van der Waals surface area contributed by atoms with Crippen molar-refractivity contribution in [3.8, 4) is 0 Å². The minimum atomic E-state index is -0.677. The lowest BCUT2D eigenvalue weighted by Gasteiger charge is -2.45. The van der Waals surface area contributed by atoms with Crippen molar-refractivity contribution in [2.45, 2.75) is 25.4 Å². The van der Waals surface area contributed by atoms with Crippen LogP contribution in [0.3, 0.4) is 0 Å². The van der Waals surface area contributed by atoms with E-state index < -0.39 is 6.40 Å². The van der Waals surface area contributed by atoms with Gasteiger partial charge in [-0.05, 0) is 18.1 Å². The number of likely N-dealkylation sites (tertiary alicyclic amines) is 1. The number of rotatable bonds is 3. The standard InChI is InChI=1S/C17H17NO/c1-13(14-8-4-2-5-9-14)18-16(12-17(18)19)15-10-6-3-7-11-15/h2-11,13,16H,12H2,1H3/t13-,16+/m1/s1/i12D/t12-,13-,16+. The second kappa shape index (κ2) is 4.88. The molecular formula is C17H17NO. The zero-order valence-electron chi connectivity index (χ0n) is 11.9. The van der Waals surface area contributed by atoms with Gasteiger partial charge in [0.05, 0.1) is 18.5 Å². The zero-order chi connectivity index (χ0) is 14.1. The largest absolute Gasteiger partial charge is 0.328 e. The molecule has 19 heavy (non-hydrogen) atoms. The molecule has 2 aromatic rings. The van der Waals surface area contributed by atoms with E-state index in [2.05, 4.69) is 0 Å². The van der Waals surface area contributed by atoms with Crippen LogP contribution in [0.25, 0.3) is 0 Å². The molecule has 1 aliphatic heterocycles. The summed E-state index contributed by atoms with van der Waals surface area (Å²) in [5.74, 6) is -0.0878. The summed E-state index contributed by atoms with van der Waals surface area (Å²) in [5, 5.41) is 0. The molecule has 3 atom stereocenters. The van der Waals surface area contributed by atoms with Crippen LogP contribution in [0.4, 0.5) is 0 Å². The van der Waals surface area contributed by atoms with E-state index in [1.165, 1.54) is 0 Å². The molecule has 2 aromatic carbocycles. The van der Waals surface area contributed by atoms with Crippen molar-refractivity contribution in [2.24, 2.45) is 0 Å². The van der Waals surface area contributed by atoms with Crippen LogP contribution < -0.4 is 0 Å². The van der Waals surface area contributed by atoms with Crippen LogP contribution in [-0.2, 0) is 4.79 Å². The minimum absolute atomic E-state index is 0.00416. The smallest absolute Gasteiger partial charge is 0.226 e. The molecule has 0 bridgehead atoms. The predicted octanol–water partition coefficient (Wildman–Crippen LogP) is 3.72. The Morgan fingerprint density at radius 1 is 1.11 bits per heavy atom. The third-order valence-electron chi connectivity index (χ3n) is 3.69. The third kappa shape index (κ3) is 2.14. The number of carbonyl (C=O) groups excluding carboxylic acids is 1. The van der Waals surface area contributed by atoms with E-state index >= 15 is 0 Å². The summed E-state index contributed by atoms with van der Waals surface area (Å²) >= 11 is 0. The number of amides is 1. The van der Waals surface area contributed by atoms with Crippen molar-refractivity contribution < 1.29 is 6.17 Å². The molecule has 0 saturated carbocycles. The van der Waals surface area contributed by atoms with Crippen molar-refractivity contribution in [2.75, 3.05) is 0 Å². The minimum Gasteiger partial charge on any atom is -0.328 e. The molecule has 1 amide bonds. The number of carbonyl (C=O) groups is 1. The summed E-state index contributed by atoms with van der Waals surface area (Å²) in [5.41, 5.74) is 2.14. The highest BCUT2D eigenvalue weighted by atomic mass is 16.2. The van der Waals surface area contributed by atoms with Gasteiger partial charge < -0.3 is 4.90 Å². The van der Waals surface area contributed by atoms with Gasteiger partial charge in [0.1, 0.15) is 0 Å². The van der Waals surface area contributed by atoms with Gasteiger partial charge >= 0.3 is 0 Å². The highest BCUT2D eigenvalue weighted by Gasteiger charge is 2.40. The van der Waals surface area contributed by atoms with E-state index in [-0.39, 0.29) is 18.0 Å². The molecule has 0 aromatic heterocycles. The van der Waals surface area contributed by atoms with Gasteiger partial charge in [-0.25, -0.2) is 0 Å². The molecule has 0 N–H and O–H groups in total. The molecule has 1 fully saturated rings. The highest BCUT2D eigenvalue weighted by Crippen LogP contribution is 2.40. The van der Waals surface area contributed by atoms with Gasteiger partial charge in [-0.15, -0.1) is 0 Å². The van der Waals surface area contributed by atoms with Crippen LogP contribution in [0.15, 0.2) is 60.7 Å². The van der Waals surface area contributed by atoms with Gasteiger partial charge in [-0.3, -0.25) is 4.79 Å². The Balaban J connectivity index is 1.90. The first-order valence-corrected chi connectivity index (χ1v) is 6.54. The maximum atomic E-state index is 12.1. The van der Waals surface area contributed by atoms with Gasteiger partial charge in [0.2, 0.25) is 5.91 Å². The van der Waals surface area contributed by atoms with Gasteiger partial charge in [-0.1, -0.05) is 60.7 Å². The Labute approximate surface area is 115 Å². The molecule has 0 spiro atoms. The van der Waals surface area contributed by atoms with E-state index in [1.807, 2.05) is 72.5 Å². The lowest BCUT2D eigenvalue weighted by Crippen LogP contribution is -2.47. The van der Waals surface area contributed by atoms with Crippen LogP contribution >= 0.6 is 0 Å². The lowest BCUT2D eigenvalue weighted by atomic mass is 9.90. The average molecular weight is 252 g/mol. The Bertz CT molecular complexity index is 599. The maximum Gasteiger partial charge on any atom is 0.226 e. The summed E-state index contributed by atoms with van der Waals surface area (Å²) in [6.45, 7) is 2.02. The van der Waals surface area contributed by atoms with Gasteiger partial charge in [0.25, 0.3) is 0 Å². The SMILES string of the molecule is [2H][C@H]1C(=O)N([C@H](C)c2ccccc2)[C@@H]1c1ccccc1. The summed E-state index contributed by atoms with van der Waals surface area (Å²) in [6.07, 6.45) is -0.677. The van der Waals surface area contributed by atoms with Crippen molar-refractivity contribution in [1.82, 2.24) is 4.90 Å². The van der Waals surface area contributed by atoms with Crippen LogP contribution in [0, 0.1) is 0 Å². The summed E-state index contributed by atoms with van der Waals surface area (Å²) in [4.78, 5) is 13.9. The number of hydrogen-bond acceptors (Lipinski definition) is 1. The van der Waals surface area contributed by atoms with E-state index in [0.717, 1.165) is 11.1 Å². The van der Waals surface area contributed by atoms with Crippen molar-refractivity contribution in [1.29, 1.82) is 0 Å². The molecule has 3 rings (SSSR count). The Hall–Kier alpha value is -2.09. The zero-order valence-corrected chi connectivity index (χ0v) is 10.9. The van der Waals surface area contributed by atoms with Crippen molar-refractivity contribution in [3.05, 3.63) is 71.8 Å². The quantitative estimate of drug-likeness (QED) is 0.762. The van der Waals surface area contributed by atoms with Crippen molar-refractivity contribution in [3.63, 3.8) is 0 Å². The molecule has 0 unspecified atom stereocenters. The fourth-order valence-electron chi connectivity index (χ4n) is 2.59. The molecule has 0 radical (unpaired) electrons. The van der Waals surface area contributed by atoms with Crippen LogP contribution in [-0.4, -0.2) is 10.8 Å². The molecule has 1 aliphatic rings.